The van der Waals surface area contributed by atoms with Gasteiger partial charge in [-0.3, -0.25) is 4.79 Å². The third-order valence-corrected chi connectivity index (χ3v) is 3.47. The van der Waals surface area contributed by atoms with Crippen molar-refractivity contribution < 1.29 is 25.6 Å². The molecule has 0 heterocycles. The Bertz CT molecular complexity index is 770. The smallest absolute Gasteiger partial charge is 0.407 e. The molecule has 7 nitrogen and oxygen atoms in total. The molecule has 7 heteroatoms. The minimum Gasteiger partial charge on any atom is -0.480 e. The molecule has 3 N–H and O–H groups in total. The minimum atomic E-state index is -1.20. The van der Waals surface area contributed by atoms with Gasteiger partial charge < -0.3 is 20.5 Å². The van der Waals surface area contributed by atoms with E-state index in [0.29, 0.717) is 5.31 Å². The largest absolute Gasteiger partial charge is 0.480 e. The third kappa shape index (κ3) is 6.64. The fourth-order valence-corrected chi connectivity index (χ4v) is 2.19. The van der Waals surface area contributed by atoms with Crippen molar-refractivity contribution in [2.45, 2.75) is 19.1 Å². The van der Waals surface area contributed by atoms with E-state index in [2.05, 4.69) is 5.32 Å². The highest BCUT2D eigenvalue weighted by molar-refractivity contribution is 5.86. The van der Waals surface area contributed by atoms with Crippen molar-refractivity contribution in [1.29, 1.82) is 0 Å². The number of hydrogen-bond donors (Lipinski definition) is 3. The molecule has 0 aliphatic rings. The van der Waals surface area contributed by atoms with Gasteiger partial charge in [-0.15, -0.1) is 0 Å². The average Bonchev–Trinajstić information content (AvgIpc) is 2.67. The molecule has 0 bridgehead atoms. The Morgan fingerprint density at radius 2 is 1.58 bits per heavy atom. The topological polar surface area (TPSA) is 105 Å². The number of carbonyl (C=O) groups is 3. The number of alkyl carbamates (subject to hydrolysis) is 1. The van der Waals surface area contributed by atoms with Gasteiger partial charge in [-0.2, -0.15) is 0 Å². The lowest BCUT2D eigenvalue weighted by Gasteiger charge is -2.15. The molecular weight excluding hydrogens is 336 g/mol. The van der Waals surface area contributed by atoms with Gasteiger partial charge in [-0.1, -0.05) is 60.7 Å². The van der Waals surface area contributed by atoms with Gasteiger partial charge in [0.1, 0.15) is 19.2 Å². The number of ether oxygens (including phenoxy) is 1. The maximum absolute atomic E-state index is 12.0. The molecule has 136 valence electrons. The number of benzene rings is 2. The molecular formula is C19H20N2O5. The predicted molar refractivity (Wildman–Crippen MR) is 94.3 cm³/mol. The number of carbonyl (C=O) groups excluding carboxylic acids is 2. The van der Waals surface area contributed by atoms with Crippen LogP contribution in [0.3, 0.4) is 0 Å². The molecule has 0 spiro atoms. The van der Waals surface area contributed by atoms with Crippen LogP contribution in [0, 0.1) is 0 Å². The highest BCUT2D eigenvalue weighted by Gasteiger charge is 2.20. The summed E-state index contributed by atoms with van der Waals surface area (Å²) in [6, 6.07) is 16.6. The van der Waals surface area contributed by atoms with Gasteiger partial charge in [0.05, 0.1) is 0 Å². The zero-order valence-electron chi connectivity index (χ0n) is 15.0. The van der Waals surface area contributed by atoms with Crippen molar-refractivity contribution in [3.63, 3.8) is 0 Å². The molecule has 26 heavy (non-hydrogen) atoms. The molecule has 0 saturated heterocycles. The molecule has 0 radical (unpaired) electrons. The summed E-state index contributed by atoms with van der Waals surface area (Å²) < 4.78 is 12.5. The van der Waals surface area contributed by atoms with Crippen LogP contribution in [-0.2, 0) is 27.4 Å². The van der Waals surface area contributed by atoms with Crippen molar-refractivity contribution in [3.8, 4) is 0 Å². The normalized spacial score (nSPS) is 11.8. The van der Waals surface area contributed by atoms with E-state index in [1.807, 2.05) is 6.07 Å². The Balaban J connectivity index is 1.83. The summed E-state index contributed by atoms with van der Waals surface area (Å²) in [7, 11) is 0. The number of nitrogens with one attached hydrogen (secondary N) is 2. The standard InChI is InChI=1S/C19H20N2O5/c22-17(12-20-19(25)26-13-15-9-5-2-6-10-15)21-16(18(23)24)11-14-7-3-1-4-8-14/h1-10,16H,11-13H2,(H,20,25)(H,21,22)(H,23,24)/t16-/m0/s1/i/hD. The number of carboxylic acid groups (broad SMARTS) is 1. The second-order valence-electron chi connectivity index (χ2n) is 5.50. The Kier molecular flexibility index (Phi) is 6.60. The van der Waals surface area contributed by atoms with Gasteiger partial charge in [-0.05, 0) is 11.1 Å². The van der Waals surface area contributed by atoms with Crippen molar-refractivity contribution in [3.05, 3.63) is 71.8 Å². The molecule has 0 aliphatic heterocycles. The van der Waals surface area contributed by atoms with Crippen LogP contribution in [-0.4, -0.2) is 35.7 Å². The highest BCUT2D eigenvalue weighted by Crippen LogP contribution is 2.03. The lowest BCUT2D eigenvalue weighted by Crippen LogP contribution is -2.46. The second kappa shape index (κ2) is 9.83. The molecule has 1 atom stereocenters. The van der Waals surface area contributed by atoms with Crippen molar-refractivity contribution in [2.24, 2.45) is 0 Å². The van der Waals surface area contributed by atoms with Crippen molar-refractivity contribution in [2.75, 3.05) is 6.54 Å². The van der Waals surface area contributed by atoms with Gasteiger partial charge >= 0.3 is 12.1 Å². The molecule has 0 fully saturated rings. The number of amides is 2. The highest BCUT2D eigenvalue weighted by atomic mass is 16.5. The molecule has 0 aliphatic carbocycles. The second-order valence-corrected chi connectivity index (χ2v) is 5.50. The first kappa shape index (κ1) is 17.5. The summed E-state index contributed by atoms with van der Waals surface area (Å²) >= 11 is 0. The average molecular weight is 357 g/mol. The number of carboxylic acids is 1. The first-order valence-electron chi connectivity index (χ1n) is 8.43. The summed E-state index contributed by atoms with van der Waals surface area (Å²) in [5, 5.41) is 11.9. The molecule has 0 unspecified atom stereocenters. The van der Waals surface area contributed by atoms with Crippen LogP contribution in [0.4, 0.5) is 4.79 Å². The molecule has 2 amide bonds. The van der Waals surface area contributed by atoms with Gasteiger partial charge in [0, 0.05) is 6.42 Å². The number of rotatable bonds is 8. The molecule has 0 saturated carbocycles. The van der Waals surface area contributed by atoms with Gasteiger partial charge in [0.2, 0.25) is 5.91 Å². The Morgan fingerprint density at radius 3 is 2.15 bits per heavy atom. The quantitative estimate of drug-likeness (QED) is 0.667. The SMILES string of the molecule is [2H]N(CC(=O)N[C@@H](Cc1ccccc1)C(=O)O)C(=O)OCc1ccccc1. The summed E-state index contributed by atoms with van der Waals surface area (Å²) in [5.74, 6) is -1.96. The van der Waals surface area contributed by atoms with E-state index < -0.39 is 30.6 Å². The van der Waals surface area contributed by atoms with Crippen molar-refractivity contribution >= 4 is 18.0 Å². The maximum Gasteiger partial charge on any atom is 0.407 e. The van der Waals surface area contributed by atoms with E-state index in [1.54, 1.807) is 54.6 Å². The Labute approximate surface area is 152 Å². The number of aliphatic carboxylic acids is 1. The first-order chi connectivity index (χ1) is 13.0. The zero-order chi connectivity index (χ0) is 19.6. The van der Waals surface area contributed by atoms with Crippen LogP contribution in [0.5, 0.6) is 0 Å². The van der Waals surface area contributed by atoms with E-state index in [0.717, 1.165) is 11.1 Å². The van der Waals surface area contributed by atoms with Crippen LogP contribution in [0.25, 0.3) is 0 Å². The zero-order valence-corrected chi connectivity index (χ0v) is 14.0. The summed E-state index contributed by atoms with van der Waals surface area (Å²) in [4.78, 5) is 35.1. The summed E-state index contributed by atoms with van der Waals surface area (Å²) in [6.07, 6.45) is -0.901. The van der Waals surface area contributed by atoms with Crippen LogP contribution < -0.4 is 10.6 Å². The molecule has 2 aromatic carbocycles. The maximum atomic E-state index is 12.0. The van der Waals surface area contributed by atoms with Gasteiger partial charge in [0.25, 0.3) is 0 Å². The number of hydrogen-bond acceptors (Lipinski definition) is 4. The van der Waals surface area contributed by atoms with Crippen LogP contribution >= 0.6 is 0 Å². The van der Waals surface area contributed by atoms with Crippen LogP contribution in [0.2, 0.25) is 1.41 Å². The Hall–Kier alpha value is -3.35. The predicted octanol–water partition coefficient (Wildman–Crippen LogP) is 1.72. The van der Waals surface area contributed by atoms with Crippen LogP contribution in [0.15, 0.2) is 60.7 Å². The van der Waals surface area contributed by atoms with Crippen molar-refractivity contribution in [1.82, 2.24) is 10.6 Å². The third-order valence-electron chi connectivity index (χ3n) is 3.47. The Morgan fingerprint density at radius 1 is 1.00 bits per heavy atom. The molecule has 2 aromatic rings. The summed E-state index contributed by atoms with van der Waals surface area (Å²) in [5.41, 5.74) is 1.49. The fourth-order valence-electron chi connectivity index (χ4n) is 2.19. The lowest BCUT2D eigenvalue weighted by molar-refractivity contribution is -0.141. The van der Waals surface area contributed by atoms with Gasteiger partial charge in [0.15, 0.2) is 1.41 Å². The summed E-state index contributed by atoms with van der Waals surface area (Å²) in [6.45, 7) is -0.658. The molecule has 2 rings (SSSR count). The first-order valence-corrected chi connectivity index (χ1v) is 7.99. The minimum absolute atomic E-state index is 0.0254. The van der Waals surface area contributed by atoms with Crippen LogP contribution in [0.1, 0.15) is 11.1 Å². The lowest BCUT2D eigenvalue weighted by atomic mass is 10.1. The fraction of sp³-hybridized carbons (Fsp3) is 0.211. The van der Waals surface area contributed by atoms with Gasteiger partial charge in [-0.25, -0.2) is 9.59 Å². The van der Waals surface area contributed by atoms with E-state index in [-0.39, 0.29) is 13.0 Å². The molecule has 0 aromatic heterocycles. The monoisotopic (exact) mass is 357 g/mol. The van der Waals surface area contributed by atoms with E-state index in [1.165, 1.54) is 0 Å². The van der Waals surface area contributed by atoms with E-state index in [4.69, 9.17) is 6.15 Å². The van der Waals surface area contributed by atoms with E-state index in [9.17, 15) is 19.5 Å². The van der Waals surface area contributed by atoms with E-state index >= 15 is 0 Å².